The third-order valence-electron chi connectivity index (χ3n) is 4.49. The molecule has 1 aliphatic carbocycles. The first-order chi connectivity index (χ1) is 11.5. The Morgan fingerprint density at radius 2 is 1.96 bits per heavy atom. The van der Waals surface area contributed by atoms with Crippen LogP contribution in [0.5, 0.6) is 0 Å². The van der Waals surface area contributed by atoms with Crippen LogP contribution in [0, 0.1) is 11.8 Å². The average molecular weight is 328 g/mol. The van der Waals surface area contributed by atoms with Gasteiger partial charge in [0.15, 0.2) is 0 Å². The maximum atomic E-state index is 12.3. The Kier molecular flexibility index (Phi) is 4.59. The molecule has 126 valence electrons. The summed E-state index contributed by atoms with van der Waals surface area (Å²) in [6.07, 6.45) is 3.37. The molecule has 24 heavy (non-hydrogen) atoms. The summed E-state index contributed by atoms with van der Waals surface area (Å²) in [5, 5.41) is 20.2. The maximum absolute atomic E-state index is 12.3. The number of para-hydroxylation sites is 1. The van der Waals surface area contributed by atoms with Crippen molar-refractivity contribution < 1.29 is 14.7 Å². The Hall–Kier alpha value is -2.70. The van der Waals surface area contributed by atoms with E-state index in [1.165, 1.54) is 0 Å². The van der Waals surface area contributed by atoms with Crippen molar-refractivity contribution in [3.63, 3.8) is 0 Å². The van der Waals surface area contributed by atoms with Gasteiger partial charge in [0.25, 0.3) is 0 Å². The van der Waals surface area contributed by atoms with Crippen molar-refractivity contribution in [1.29, 1.82) is 0 Å². The molecule has 1 saturated carbocycles. The van der Waals surface area contributed by atoms with Gasteiger partial charge in [-0.1, -0.05) is 23.4 Å². The summed E-state index contributed by atoms with van der Waals surface area (Å²) in [5.74, 6) is -1.57. The molecule has 1 unspecified atom stereocenters. The first-order valence-corrected chi connectivity index (χ1v) is 8.05. The number of nitrogens with one attached hydrogen (secondary N) is 1. The molecular weight excluding hydrogens is 308 g/mol. The lowest BCUT2D eigenvalue weighted by Crippen LogP contribution is -2.32. The number of carboxylic acids is 1. The summed E-state index contributed by atoms with van der Waals surface area (Å²) in [4.78, 5) is 23.3. The third kappa shape index (κ3) is 3.45. The summed E-state index contributed by atoms with van der Waals surface area (Å²) in [5.41, 5.74) is 1.56. The highest BCUT2D eigenvalue weighted by Gasteiger charge is 2.34. The number of hydrogen-bond donors (Lipinski definition) is 2. The number of carboxylic acid groups (broad SMARTS) is 1. The number of benzene rings is 1. The first kappa shape index (κ1) is 16.2. The Labute approximate surface area is 139 Å². The van der Waals surface area contributed by atoms with Crippen LogP contribution in [0.1, 0.15) is 37.9 Å². The van der Waals surface area contributed by atoms with E-state index in [-0.39, 0.29) is 17.9 Å². The fourth-order valence-electron chi connectivity index (χ4n) is 3.03. The molecule has 0 aliphatic heterocycles. The van der Waals surface area contributed by atoms with Crippen molar-refractivity contribution >= 4 is 11.9 Å². The number of aliphatic carboxylic acids is 1. The minimum atomic E-state index is -0.816. The minimum Gasteiger partial charge on any atom is -0.481 e. The topological polar surface area (TPSA) is 97.1 Å². The molecule has 3 atom stereocenters. The molecule has 1 heterocycles. The molecule has 1 aromatic carbocycles. The zero-order valence-electron chi connectivity index (χ0n) is 13.4. The largest absolute Gasteiger partial charge is 0.481 e. The lowest BCUT2D eigenvalue weighted by Gasteiger charge is -2.15. The molecule has 0 spiro atoms. The highest BCUT2D eigenvalue weighted by atomic mass is 16.4. The van der Waals surface area contributed by atoms with Crippen LogP contribution < -0.4 is 5.32 Å². The molecule has 1 aliphatic rings. The van der Waals surface area contributed by atoms with Gasteiger partial charge in [-0.25, -0.2) is 4.68 Å². The molecule has 0 bridgehead atoms. The van der Waals surface area contributed by atoms with Crippen LogP contribution in [0.2, 0.25) is 0 Å². The number of hydrogen-bond acceptors (Lipinski definition) is 4. The van der Waals surface area contributed by atoms with Crippen LogP contribution in [0.25, 0.3) is 5.69 Å². The number of aromatic nitrogens is 3. The molecule has 2 aromatic rings. The highest BCUT2D eigenvalue weighted by Crippen LogP contribution is 2.31. The van der Waals surface area contributed by atoms with E-state index in [2.05, 4.69) is 15.6 Å². The monoisotopic (exact) mass is 328 g/mol. The maximum Gasteiger partial charge on any atom is 0.306 e. The molecule has 0 radical (unpaired) electrons. The van der Waals surface area contributed by atoms with Crippen LogP contribution in [0.15, 0.2) is 36.5 Å². The first-order valence-electron chi connectivity index (χ1n) is 8.05. The molecular formula is C17H20N4O3. The number of rotatable bonds is 5. The standard InChI is InChI=1S/C17H20N4O3/c1-11(18-16(22)12-7-8-13(9-12)17(23)24)15-10-21(20-19-15)14-5-3-2-4-6-14/h2-6,10-13H,7-9H2,1H3,(H,18,22)(H,23,24)/t11?,12-,13+/m1/s1. The van der Waals surface area contributed by atoms with Crippen molar-refractivity contribution in [1.82, 2.24) is 20.3 Å². The summed E-state index contributed by atoms with van der Waals surface area (Å²) in [6, 6.07) is 9.33. The van der Waals surface area contributed by atoms with Crippen LogP contribution >= 0.6 is 0 Å². The van der Waals surface area contributed by atoms with E-state index in [9.17, 15) is 9.59 Å². The van der Waals surface area contributed by atoms with Gasteiger partial charge >= 0.3 is 5.97 Å². The van der Waals surface area contributed by atoms with Crippen molar-refractivity contribution in [2.45, 2.75) is 32.2 Å². The molecule has 1 aromatic heterocycles. The van der Waals surface area contributed by atoms with Gasteiger partial charge in [-0.15, -0.1) is 5.10 Å². The lowest BCUT2D eigenvalue weighted by molar-refractivity contribution is -0.141. The molecule has 7 heteroatoms. The fourth-order valence-corrected chi connectivity index (χ4v) is 3.03. The number of carbonyl (C=O) groups is 2. The van der Waals surface area contributed by atoms with Gasteiger partial charge in [-0.3, -0.25) is 9.59 Å². The predicted octanol–water partition coefficient (Wildman–Crippen LogP) is 1.95. The quantitative estimate of drug-likeness (QED) is 0.874. The van der Waals surface area contributed by atoms with Crippen molar-refractivity contribution in [2.75, 3.05) is 0 Å². The van der Waals surface area contributed by atoms with Gasteiger partial charge in [0, 0.05) is 5.92 Å². The fraction of sp³-hybridized carbons (Fsp3) is 0.412. The highest BCUT2D eigenvalue weighted by molar-refractivity contribution is 5.81. The SMILES string of the molecule is CC(NC(=O)[C@@H]1CC[C@H](C(=O)O)C1)c1cn(-c2ccccc2)nn1. The molecule has 2 N–H and O–H groups in total. The van der Waals surface area contributed by atoms with Gasteiger partial charge in [-0.2, -0.15) is 0 Å². The zero-order chi connectivity index (χ0) is 17.1. The van der Waals surface area contributed by atoms with Crippen molar-refractivity contribution in [3.05, 3.63) is 42.2 Å². The average Bonchev–Trinajstić information content (AvgIpc) is 3.25. The third-order valence-corrected chi connectivity index (χ3v) is 4.49. The van der Waals surface area contributed by atoms with Crippen molar-refractivity contribution in [3.8, 4) is 5.69 Å². The van der Waals surface area contributed by atoms with Gasteiger partial charge in [0.2, 0.25) is 5.91 Å². The number of carbonyl (C=O) groups excluding carboxylic acids is 1. The number of amides is 1. The normalized spacial score (nSPS) is 21.4. The second-order valence-electron chi connectivity index (χ2n) is 6.20. The Bertz CT molecular complexity index is 728. The van der Waals surface area contributed by atoms with Crippen LogP contribution in [0.3, 0.4) is 0 Å². The van der Waals surface area contributed by atoms with E-state index >= 15 is 0 Å². The van der Waals surface area contributed by atoms with Gasteiger partial charge in [-0.05, 0) is 38.3 Å². The minimum absolute atomic E-state index is 0.111. The van der Waals surface area contributed by atoms with Crippen LogP contribution in [-0.4, -0.2) is 32.0 Å². The van der Waals surface area contributed by atoms with Crippen LogP contribution in [-0.2, 0) is 9.59 Å². The van der Waals surface area contributed by atoms with Gasteiger partial charge < -0.3 is 10.4 Å². The Balaban J connectivity index is 1.61. The molecule has 1 fully saturated rings. The van der Waals surface area contributed by atoms with E-state index in [0.29, 0.717) is 25.0 Å². The summed E-state index contributed by atoms with van der Waals surface area (Å²) >= 11 is 0. The van der Waals surface area contributed by atoms with Crippen LogP contribution in [0.4, 0.5) is 0 Å². The second kappa shape index (κ2) is 6.82. The number of nitrogens with zero attached hydrogens (tertiary/aromatic N) is 3. The lowest BCUT2D eigenvalue weighted by atomic mass is 10.0. The zero-order valence-corrected chi connectivity index (χ0v) is 13.4. The van der Waals surface area contributed by atoms with E-state index in [1.54, 1.807) is 10.9 Å². The van der Waals surface area contributed by atoms with E-state index < -0.39 is 11.9 Å². The summed E-state index contributed by atoms with van der Waals surface area (Å²) < 4.78 is 1.66. The second-order valence-corrected chi connectivity index (χ2v) is 6.20. The Morgan fingerprint density at radius 3 is 2.62 bits per heavy atom. The van der Waals surface area contributed by atoms with Crippen molar-refractivity contribution in [2.24, 2.45) is 11.8 Å². The molecule has 3 rings (SSSR count). The molecule has 7 nitrogen and oxygen atoms in total. The molecule has 0 saturated heterocycles. The van der Waals surface area contributed by atoms with E-state index in [0.717, 1.165) is 5.69 Å². The van der Waals surface area contributed by atoms with Gasteiger partial charge in [0.1, 0.15) is 5.69 Å². The van der Waals surface area contributed by atoms with E-state index in [4.69, 9.17) is 5.11 Å². The summed E-state index contributed by atoms with van der Waals surface area (Å²) in [6.45, 7) is 1.85. The summed E-state index contributed by atoms with van der Waals surface area (Å²) in [7, 11) is 0. The smallest absolute Gasteiger partial charge is 0.306 e. The van der Waals surface area contributed by atoms with Gasteiger partial charge in [0.05, 0.1) is 23.8 Å². The predicted molar refractivity (Wildman–Crippen MR) is 86.4 cm³/mol. The molecule has 1 amide bonds. The Morgan fingerprint density at radius 1 is 1.25 bits per heavy atom. The van der Waals surface area contributed by atoms with E-state index in [1.807, 2.05) is 37.3 Å².